The fourth-order valence-corrected chi connectivity index (χ4v) is 2.86. The van der Waals surface area contributed by atoms with Gasteiger partial charge in [-0.3, -0.25) is 4.90 Å². The second-order valence-corrected chi connectivity index (χ2v) is 5.03. The van der Waals surface area contributed by atoms with Gasteiger partial charge in [0.15, 0.2) is 0 Å². The summed E-state index contributed by atoms with van der Waals surface area (Å²) in [6.45, 7) is 5.09. The Balaban J connectivity index is 1.78. The first-order chi connectivity index (χ1) is 7.29. The molecule has 0 radical (unpaired) electrons. The molecule has 1 saturated carbocycles. The summed E-state index contributed by atoms with van der Waals surface area (Å²) < 4.78 is 0. The van der Waals surface area contributed by atoms with Gasteiger partial charge in [-0.2, -0.15) is 0 Å². The summed E-state index contributed by atoms with van der Waals surface area (Å²) in [5, 5.41) is 13.6. The number of aliphatic hydroxyl groups is 1. The molecule has 15 heavy (non-hydrogen) atoms. The van der Waals surface area contributed by atoms with E-state index in [-0.39, 0.29) is 6.10 Å². The Hall–Kier alpha value is -0.120. The predicted octanol–water partition coefficient (Wildman–Crippen LogP) is 0.974. The molecular weight excluding hydrogens is 188 g/mol. The lowest BCUT2D eigenvalue weighted by atomic mass is 9.94. The Morgan fingerprint density at radius 2 is 1.93 bits per heavy atom. The van der Waals surface area contributed by atoms with Gasteiger partial charge in [-0.1, -0.05) is 26.2 Å². The van der Waals surface area contributed by atoms with Gasteiger partial charge in [0.05, 0.1) is 6.10 Å². The fraction of sp³-hybridized carbons (Fsp3) is 1.00. The average Bonchev–Trinajstić information content (AvgIpc) is 2.61. The quantitative estimate of drug-likeness (QED) is 0.732. The zero-order valence-electron chi connectivity index (χ0n) is 9.78. The minimum atomic E-state index is -0.160. The zero-order valence-corrected chi connectivity index (χ0v) is 9.78. The van der Waals surface area contributed by atoms with E-state index in [9.17, 15) is 5.11 Å². The molecule has 1 aliphatic heterocycles. The molecule has 3 heteroatoms. The molecule has 1 heterocycles. The molecule has 2 atom stereocenters. The lowest BCUT2D eigenvalue weighted by Crippen LogP contribution is -2.45. The van der Waals surface area contributed by atoms with Gasteiger partial charge in [0.25, 0.3) is 0 Å². The predicted molar refractivity (Wildman–Crippen MR) is 61.9 cm³/mol. The van der Waals surface area contributed by atoms with Crippen LogP contribution in [0.25, 0.3) is 0 Å². The standard InChI is InChI=1S/C12H24N2O/c1-2-14-8-11(12(15)9-14)13-10-6-4-3-5-7-10/h10-13,15H,2-9H2,1H3/t11-,12-/m1/s1. The van der Waals surface area contributed by atoms with Crippen molar-refractivity contribution in [3.63, 3.8) is 0 Å². The van der Waals surface area contributed by atoms with Gasteiger partial charge in [0, 0.05) is 25.2 Å². The Bertz CT molecular complexity index is 192. The number of nitrogens with one attached hydrogen (secondary N) is 1. The molecule has 2 rings (SSSR count). The fourth-order valence-electron chi connectivity index (χ4n) is 2.86. The van der Waals surface area contributed by atoms with Crippen LogP contribution < -0.4 is 5.32 Å². The lowest BCUT2D eigenvalue weighted by Gasteiger charge is -2.27. The van der Waals surface area contributed by atoms with Crippen LogP contribution in [0, 0.1) is 0 Å². The Kier molecular flexibility index (Phi) is 4.00. The molecule has 0 aromatic carbocycles. The SMILES string of the molecule is CCN1C[C@@H](O)[C@H](NC2CCCCC2)C1. The third-order valence-corrected chi connectivity index (χ3v) is 3.87. The Morgan fingerprint density at radius 3 is 2.53 bits per heavy atom. The van der Waals surface area contributed by atoms with E-state index in [2.05, 4.69) is 17.1 Å². The van der Waals surface area contributed by atoms with Gasteiger partial charge in [0.1, 0.15) is 0 Å². The maximum atomic E-state index is 9.92. The summed E-state index contributed by atoms with van der Waals surface area (Å²) in [4.78, 5) is 2.32. The highest BCUT2D eigenvalue weighted by Gasteiger charge is 2.31. The van der Waals surface area contributed by atoms with E-state index >= 15 is 0 Å². The van der Waals surface area contributed by atoms with Crippen LogP contribution in [0.4, 0.5) is 0 Å². The molecule has 0 aromatic heterocycles. The number of hydrogen-bond donors (Lipinski definition) is 2. The van der Waals surface area contributed by atoms with Crippen LogP contribution in [0.3, 0.4) is 0 Å². The first-order valence-corrected chi connectivity index (χ1v) is 6.46. The van der Waals surface area contributed by atoms with Crippen molar-refractivity contribution in [2.24, 2.45) is 0 Å². The third kappa shape index (κ3) is 2.92. The number of likely N-dealkylation sites (N-methyl/N-ethyl adjacent to an activating group) is 1. The zero-order chi connectivity index (χ0) is 10.7. The molecule has 1 aliphatic carbocycles. The lowest BCUT2D eigenvalue weighted by molar-refractivity contribution is 0.145. The first kappa shape index (κ1) is 11.4. The van der Waals surface area contributed by atoms with Crippen LogP contribution in [0.15, 0.2) is 0 Å². The smallest absolute Gasteiger partial charge is 0.0832 e. The van der Waals surface area contributed by atoms with E-state index in [1.807, 2.05) is 0 Å². The second-order valence-electron chi connectivity index (χ2n) is 5.03. The molecular formula is C12H24N2O. The molecule has 3 nitrogen and oxygen atoms in total. The minimum absolute atomic E-state index is 0.160. The number of aliphatic hydroxyl groups excluding tert-OH is 1. The molecule has 2 fully saturated rings. The maximum absolute atomic E-state index is 9.92. The highest BCUT2D eigenvalue weighted by Crippen LogP contribution is 2.19. The molecule has 1 saturated heterocycles. The van der Waals surface area contributed by atoms with E-state index in [4.69, 9.17) is 0 Å². The average molecular weight is 212 g/mol. The van der Waals surface area contributed by atoms with Crippen molar-refractivity contribution < 1.29 is 5.11 Å². The number of likely N-dealkylation sites (tertiary alicyclic amines) is 1. The molecule has 0 bridgehead atoms. The largest absolute Gasteiger partial charge is 0.390 e. The Morgan fingerprint density at radius 1 is 1.20 bits per heavy atom. The van der Waals surface area contributed by atoms with Crippen LogP contribution in [-0.4, -0.2) is 47.8 Å². The van der Waals surface area contributed by atoms with Crippen LogP contribution in [0.5, 0.6) is 0 Å². The van der Waals surface area contributed by atoms with Crippen molar-refractivity contribution in [3.8, 4) is 0 Å². The van der Waals surface area contributed by atoms with Crippen molar-refractivity contribution in [3.05, 3.63) is 0 Å². The highest BCUT2D eigenvalue weighted by atomic mass is 16.3. The van der Waals surface area contributed by atoms with Crippen molar-refractivity contribution >= 4 is 0 Å². The van der Waals surface area contributed by atoms with Crippen LogP contribution in [0.2, 0.25) is 0 Å². The van der Waals surface area contributed by atoms with Crippen molar-refractivity contribution in [1.82, 2.24) is 10.2 Å². The van der Waals surface area contributed by atoms with Crippen LogP contribution in [0.1, 0.15) is 39.0 Å². The molecule has 0 amide bonds. The van der Waals surface area contributed by atoms with E-state index in [1.54, 1.807) is 0 Å². The van der Waals surface area contributed by atoms with Gasteiger partial charge in [0.2, 0.25) is 0 Å². The number of rotatable bonds is 3. The van der Waals surface area contributed by atoms with E-state index in [0.29, 0.717) is 12.1 Å². The van der Waals surface area contributed by atoms with E-state index in [0.717, 1.165) is 19.6 Å². The van der Waals surface area contributed by atoms with Gasteiger partial charge in [-0.25, -0.2) is 0 Å². The highest BCUT2D eigenvalue weighted by molar-refractivity contribution is 4.91. The number of hydrogen-bond acceptors (Lipinski definition) is 3. The molecule has 2 aliphatic rings. The third-order valence-electron chi connectivity index (χ3n) is 3.87. The minimum Gasteiger partial charge on any atom is -0.390 e. The molecule has 0 unspecified atom stereocenters. The maximum Gasteiger partial charge on any atom is 0.0832 e. The van der Waals surface area contributed by atoms with Crippen molar-refractivity contribution in [2.75, 3.05) is 19.6 Å². The van der Waals surface area contributed by atoms with Gasteiger partial charge in [-0.15, -0.1) is 0 Å². The monoisotopic (exact) mass is 212 g/mol. The number of β-amino-alcohol motifs (C(OH)–C–C–N with tert-alkyl or cyclic N) is 1. The molecule has 2 N–H and O–H groups in total. The summed E-state index contributed by atoms with van der Waals surface area (Å²) in [7, 11) is 0. The summed E-state index contributed by atoms with van der Waals surface area (Å²) in [5.74, 6) is 0. The Labute approximate surface area is 92.8 Å². The van der Waals surface area contributed by atoms with Gasteiger partial charge in [-0.05, 0) is 19.4 Å². The topological polar surface area (TPSA) is 35.5 Å². The normalized spacial score (nSPS) is 34.8. The van der Waals surface area contributed by atoms with Gasteiger partial charge < -0.3 is 10.4 Å². The first-order valence-electron chi connectivity index (χ1n) is 6.46. The second kappa shape index (κ2) is 5.28. The van der Waals surface area contributed by atoms with E-state index < -0.39 is 0 Å². The van der Waals surface area contributed by atoms with Crippen molar-refractivity contribution in [1.29, 1.82) is 0 Å². The summed E-state index contributed by atoms with van der Waals surface area (Å²) >= 11 is 0. The van der Waals surface area contributed by atoms with Gasteiger partial charge >= 0.3 is 0 Å². The number of nitrogens with zero attached hydrogens (tertiary/aromatic N) is 1. The molecule has 0 aromatic rings. The molecule has 0 spiro atoms. The summed E-state index contributed by atoms with van der Waals surface area (Å²) in [5.41, 5.74) is 0. The van der Waals surface area contributed by atoms with Crippen molar-refractivity contribution in [2.45, 2.75) is 57.2 Å². The summed E-state index contributed by atoms with van der Waals surface area (Å²) in [6, 6.07) is 0.975. The van der Waals surface area contributed by atoms with E-state index in [1.165, 1.54) is 32.1 Å². The molecule has 88 valence electrons. The summed E-state index contributed by atoms with van der Waals surface area (Å²) in [6.07, 6.45) is 6.56. The van der Waals surface area contributed by atoms with Crippen LogP contribution in [-0.2, 0) is 0 Å². The van der Waals surface area contributed by atoms with Crippen LogP contribution >= 0.6 is 0 Å².